The molecule has 146 valence electrons. The van der Waals surface area contributed by atoms with Gasteiger partial charge >= 0.3 is 0 Å². The fraction of sp³-hybridized carbons (Fsp3) is 0.400. The Hall–Kier alpha value is -3.00. The highest BCUT2D eigenvalue weighted by atomic mass is 16.2. The molecule has 0 saturated carbocycles. The van der Waals surface area contributed by atoms with Gasteiger partial charge in [-0.3, -0.25) is 9.48 Å². The molecule has 3 heterocycles. The summed E-state index contributed by atoms with van der Waals surface area (Å²) in [6.45, 7) is 3.40. The molecule has 8 heteroatoms. The molecule has 1 aromatic carbocycles. The minimum absolute atomic E-state index is 0.121. The van der Waals surface area contributed by atoms with Crippen LogP contribution in [0.25, 0.3) is 5.69 Å². The number of hydrogen-bond donors (Lipinski definition) is 1. The van der Waals surface area contributed by atoms with E-state index in [0.29, 0.717) is 18.2 Å². The van der Waals surface area contributed by atoms with Crippen LogP contribution in [0.5, 0.6) is 0 Å². The van der Waals surface area contributed by atoms with E-state index in [1.807, 2.05) is 36.5 Å². The summed E-state index contributed by atoms with van der Waals surface area (Å²) in [5.74, 6) is 0.425. The van der Waals surface area contributed by atoms with Gasteiger partial charge in [0.05, 0.1) is 11.9 Å². The number of nitrogens with zero attached hydrogens (tertiary/aromatic N) is 6. The van der Waals surface area contributed by atoms with Crippen molar-refractivity contribution in [2.75, 3.05) is 20.1 Å². The van der Waals surface area contributed by atoms with Gasteiger partial charge in [0.25, 0.3) is 5.91 Å². The van der Waals surface area contributed by atoms with Crippen LogP contribution in [0.1, 0.15) is 28.9 Å². The molecule has 1 N–H and O–H groups in total. The third kappa shape index (κ3) is 4.28. The van der Waals surface area contributed by atoms with Crippen molar-refractivity contribution >= 4 is 5.91 Å². The largest absolute Gasteiger partial charge is 0.336 e. The summed E-state index contributed by atoms with van der Waals surface area (Å²) in [5, 5.41) is 15.8. The Morgan fingerprint density at radius 1 is 1.32 bits per heavy atom. The molecule has 8 nitrogen and oxygen atoms in total. The van der Waals surface area contributed by atoms with Crippen molar-refractivity contribution in [3.8, 4) is 5.69 Å². The number of amides is 1. The molecular weight excluding hydrogens is 354 g/mol. The minimum Gasteiger partial charge on any atom is -0.336 e. The summed E-state index contributed by atoms with van der Waals surface area (Å²) in [6, 6.07) is 9.89. The number of carbonyl (C=O) groups excluding carboxylic acids is 1. The second-order valence-electron chi connectivity index (χ2n) is 7.32. The average Bonchev–Trinajstić information content (AvgIpc) is 3.41. The molecule has 0 spiro atoms. The second kappa shape index (κ2) is 8.35. The van der Waals surface area contributed by atoms with Gasteiger partial charge in [-0.05, 0) is 55.6 Å². The molecule has 1 aliphatic heterocycles. The van der Waals surface area contributed by atoms with E-state index in [-0.39, 0.29) is 5.91 Å². The molecule has 1 aliphatic rings. The van der Waals surface area contributed by atoms with Crippen molar-refractivity contribution in [2.24, 2.45) is 5.92 Å². The normalized spacial score (nSPS) is 16.8. The third-order valence-electron chi connectivity index (χ3n) is 5.07. The molecule has 0 radical (unpaired) electrons. The highest BCUT2D eigenvalue weighted by molar-refractivity contribution is 5.91. The molecule has 0 bridgehead atoms. The number of aromatic nitrogens is 5. The van der Waals surface area contributed by atoms with E-state index < -0.39 is 0 Å². The van der Waals surface area contributed by atoms with Crippen LogP contribution in [0.2, 0.25) is 0 Å². The van der Waals surface area contributed by atoms with Crippen molar-refractivity contribution in [1.82, 2.24) is 35.0 Å². The molecule has 1 saturated heterocycles. The molecule has 0 unspecified atom stereocenters. The third-order valence-corrected chi connectivity index (χ3v) is 5.07. The van der Waals surface area contributed by atoms with E-state index in [0.717, 1.165) is 30.9 Å². The van der Waals surface area contributed by atoms with Crippen molar-refractivity contribution < 1.29 is 4.79 Å². The first-order chi connectivity index (χ1) is 13.7. The zero-order valence-electron chi connectivity index (χ0n) is 16.0. The molecular formula is C20H25N7O. The maximum atomic E-state index is 12.7. The molecule has 3 aromatic rings. The number of rotatable bonds is 6. The number of hydrogen-bond acceptors (Lipinski definition) is 5. The Kier molecular flexibility index (Phi) is 5.48. The van der Waals surface area contributed by atoms with Crippen LogP contribution in [0.3, 0.4) is 0 Å². The van der Waals surface area contributed by atoms with Crippen LogP contribution in [0, 0.1) is 5.92 Å². The summed E-state index contributed by atoms with van der Waals surface area (Å²) in [6.07, 6.45) is 7.78. The van der Waals surface area contributed by atoms with Crippen LogP contribution in [0.4, 0.5) is 0 Å². The fourth-order valence-electron chi connectivity index (χ4n) is 3.55. The molecule has 1 amide bonds. The predicted octanol–water partition coefficient (Wildman–Crippen LogP) is 1.74. The first-order valence-electron chi connectivity index (χ1n) is 9.64. The lowest BCUT2D eigenvalue weighted by Crippen LogP contribution is -2.32. The number of nitrogens with one attached hydrogen (secondary N) is 1. The van der Waals surface area contributed by atoms with Crippen molar-refractivity contribution in [3.05, 3.63) is 60.2 Å². The lowest BCUT2D eigenvalue weighted by atomic mass is 10.00. The summed E-state index contributed by atoms with van der Waals surface area (Å²) >= 11 is 0. The van der Waals surface area contributed by atoms with Gasteiger partial charge in [-0.1, -0.05) is 17.3 Å². The minimum atomic E-state index is -0.121. The zero-order chi connectivity index (χ0) is 19.3. The van der Waals surface area contributed by atoms with E-state index in [1.165, 1.54) is 12.8 Å². The van der Waals surface area contributed by atoms with Gasteiger partial charge in [0.2, 0.25) is 0 Å². The van der Waals surface area contributed by atoms with Gasteiger partial charge in [-0.25, -0.2) is 4.68 Å². The Bertz CT molecular complexity index is 895. The van der Waals surface area contributed by atoms with Crippen molar-refractivity contribution in [3.63, 3.8) is 0 Å². The summed E-state index contributed by atoms with van der Waals surface area (Å²) in [4.78, 5) is 14.4. The maximum Gasteiger partial charge on any atom is 0.276 e. The number of piperidine rings is 1. The van der Waals surface area contributed by atoms with Gasteiger partial charge in [0, 0.05) is 32.5 Å². The first kappa shape index (κ1) is 18.4. The van der Waals surface area contributed by atoms with Gasteiger partial charge in [-0.15, -0.1) is 5.10 Å². The molecule has 4 rings (SSSR count). The quantitative estimate of drug-likeness (QED) is 0.706. The first-order valence-corrected chi connectivity index (χ1v) is 9.64. The van der Waals surface area contributed by atoms with E-state index >= 15 is 0 Å². The van der Waals surface area contributed by atoms with Gasteiger partial charge in [0.1, 0.15) is 0 Å². The van der Waals surface area contributed by atoms with Crippen LogP contribution in [-0.2, 0) is 13.1 Å². The zero-order valence-corrected chi connectivity index (χ0v) is 16.0. The fourth-order valence-corrected chi connectivity index (χ4v) is 3.55. The average molecular weight is 379 g/mol. The topological polar surface area (TPSA) is 80.9 Å². The maximum absolute atomic E-state index is 12.7. The van der Waals surface area contributed by atoms with Gasteiger partial charge in [0.15, 0.2) is 5.69 Å². The summed E-state index contributed by atoms with van der Waals surface area (Å²) in [5.41, 5.74) is 2.43. The molecule has 28 heavy (non-hydrogen) atoms. The Balaban J connectivity index is 1.35. The molecule has 0 aliphatic carbocycles. The van der Waals surface area contributed by atoms with E-state index in [2.05, 4.69) is 20.7 Å². The Labute approximate surface area is 164 Å². The standard InChI is InChI=1S/C20H25N7O/c1-25(13-16-5-7-18(8-6-16)27-11-3-10-22-27)20(28)19-15-26(24-23-19)14-17-4-2-9-21-12-17/h3,5-8,10-11,15,17,21H,2,4,9,12-14H2,1H3/t17-/m0/s1. The van der Waals surface area contributed by atoms with Crippen LogP contribution in [0.15, 0.2) is 48.9 Å². The van der Waals surface area contributed by atoms with Crippen LogP contribution >= 0.6 is 0 Å². The Morgan fingerprint density at radius 3 is 2.89 bits per heavy atom. The lowest BCUT2D eigenvalue weighted by Gasteiger charge is -2.22. The second-order valence-corrected chi connectivity index (χ2v) is 7.32. The molecule has 1 fully saturated rings. The highest BCUT2D eigenvalue weighted by Gasteiger charge is 2.18. The van der Waals surface area contributed by atoms with Crippen LogP contribution < -0.4 is 5.32 Å². The van der Waals surface area contributed by atoms with Crippen LogP contribution in [-0.4, -0.2) is 55.7 Å². The Morgan fingerprint density at radius 2 is 2.18 bits per heavy atom. The van der Waals surface area contributed by atoms with E-state index in [1.54, 1.807) is 33.7 Å². The smallest absolute Gasteiger partial charge is 0.276 e. The van der Waals surface area contributed by atoms with E-state index in [4.69, 9.17) is 0 Å². The van der Waals surface area contributed by atoms with Gasteiger partial charge in [-0.2, -0.15) is 5.10 Å². The monoisotopic (exact) mass is 379 g/mol. The highest BCUT2D eigenvalue weighted by Crippen LogP contribution is 2.14. The summed E-state index contributed by atoms with van der Waals surface area (Å²) in [7, 11) is 1.79. The lowest BCUT2D eigenvalue weighted by molar-refractivity contribution is 0.0779. The van der Waals surface area contributed by atoms with Crippen molar-refractivity contribution in [1.29, 1.82) is 0 Å². The van der Waals surface area contributed by atoms with E-state index in [9.17, 15) is 4.79 Å². The van der Waals surface area contributed by atoms with Crippen molar-refractivity contribution in [2.45, 2.75) is 25.9 Å². The SMILES string of the molecule is CN(Cc1ccc(-n2cccn2)cc1)C(=O)c1cn(C[C@H]2CCCNC2)nn1. The summed E-state index contributed by atoms with van der Waals surface area (Å²) < 4.78 is 3.59. The number of carbonyl (C=O) groups is 1. The predicted molar refractivity (Wildman–Crippen MR) is 105 cm³/mol. The molecule has 1 atom stereocenters. The molecule has 2 aromatic heterocycles. The number of benzene rings is 1. The van der Waals surface area contributed by atoms with Gasteiger partial charge < -0.3 is 10.2 Å².